The van der Waals surface area contributed by atoms with E-state index >= 15 is 0 Å². The Balaban J connectivity index is 1.54. The van der Waals surface area contributed by atoms with Crippen LogP contribution in [0.2, 0.25) is 0 Å². The van der Waals surface area contributed by atoms with Crippen molar-refractivity contribution in [1.82, 2.24) is 14.9 Å². The minimum Gasteiger partial charge on any atom is -0.464 e. The van der Waals surface area contributed by atoms with E-state index in [2.05, 4.69) is 50.1 Å². The zero-order valence-corrected chi connectivity index (χ0v) is 15.5. The van der Waals surface area contributed by atoms with Gasteiger partial charge in [-0.15, -0.1) is 0 Å². The Morgan fingerprint density at radius 1 is 1.11 bits per heavy atom. The van der Waals surface area contributed by atoms with Crippen molar-refractivity contribution in [3.8, 4) is 0 Å². The fraction of sp³-hybridized carbons (Fsp3) is 0.476. The van der Waals surface area contributed by atoms with Gasteiger partial charge in [-0.3, -0.25) is 4.90 Å². The number of anilines is 1. The normalized spacial score (nSPS) is 31.6. The van der Waals surface area contributed by atoms with Crippen LogP contribution in [0.5, 0.6) is 0 Å². The van der Waals surface area contributed by atoms with Crippen molar-refractivity contribution in [3.63, 3.8) is 0 Å². The molecular formula is C21H24N4O2. The van der Waals surface area contributed by atoms with Gasteiger partial charge in [0.05, 0.1) is 7.11 Å². The predicted octanol–water partition coefficient (Wildman–Crippen LogP) is 2.33. The molecule has 4 aliphatic heterocycles. The Morgan fingerprint density at radius 2 is 1.89 bits per heavy atom. The first kappa shape index (κ1) is 16.7. The maximum absolute atomic E-state index is 11.9. The Morgan fingerprint density at radius 3 is 2.63 bits per heavy atom. The molecule has 0 spiro atoms. The SMILES string of the molecule is COC(=O)c1cc(N2C[C@@H](c3ccccc3)[C@@H]3[C@H]2C2CCN3CC2)ncn1. The maximum Gasteiger partial charge on any atom is 0.356 e. The van der Waals surface area contributed by atoms with Gasteiger partial charge in [-0.1, -0.05) is 30.3 Å². The number of methoxy groups -OCH3 is 1. The summed E-state index contributed by atoms with van der Waals surface area (Å²) in [5.74, 6) is 1.57. The molecule has 2 bridgehead atoms. The zero-order chi connectivity index (χ0) is 18.4. The second kappa shape index (κ2) is 6.60. The number of benzene rings is 1. The molecule has 3 atom stereocenters. The first-order valence-electron chi connectivity index (χ1n) is 9.72. The fourth-order valence-electron chi connectivity index (χ4n) is 5.40. The van der Waals surface area contributed by atoms with E-state index in [0.717, 1.165) is 12.4 Å². The van der Waals surface area contributed by atoms with Gasteiger partial charge in [0, 0.05) is 30.6 Å². The summed E-state index contributed by atoms with van der Waals surface area (Å²) in [5, 5.41) is 0. The van der Waals surface area contributed by atoms with Gasteiger partial charge in [-0.25, -0.2) is 14.8 Å². The Kier molecular flexibility index (Phi) is 4.08. The van der Waals surface area contributed by atoms with Crippen LogP contribution < -0.4 is 4.90 Å². The van der Waals surface area contributed by atoms with Gasteiger partial charge in [0.1, 0.15) is 12.1 Å². The van der Waals surface area contributed by atoms with Crippen molar-refractivity contribution in [2.24, 2.45) is 5.92 Å². The number of fused-ring (bicyclic) bond motifs is 2. The average Bonchev–Trinajstić information content (AvgIpc) is 3.18. The van der Waals surface area contributed by atoms with E-state index in [0.29, 0.717) is 29.6 Å². The minimum atomic E-state index is -0.414. The van der Waals surface area contributed by atoms with Crippen molar-refractivity contribution in [3.05, 3.63) is 54.0 Å². The fourth-order valence-corrected chi connectivity index (χ4v) is 5.40. The molecule has 0 unspecified atom stereocenters. The number of hydrogen-bond donors (Lipinski definition) is 0. The standard InChI is InChI=1S/C21H24N4O2/c1-27-21(26)17-11-18(23-13-22-17)25-12-16(14-5-3-2-4-6-14)20-19(25)15-7-9-24(20)10-8-15/h2-6,11,13,15-16,19-20H,7-10,12H2,1H3/t16-,19+,20+/m0/s1. The molecule has 0 aliphatic carbocycles. The van der Waals surface area contributed by atoms with Crippen molar-refractivity contribution in [2.75, 3.05) is 31.6 Å². The molecule has 0 radical (unpaired) electrons. The smallest absolute Gasteiger partial charge is 0.356 e. The minimum absolute atomic E-state index is 0.323. The zero-order valence-electron chi connectivity index (χ0n) is 15.5. The molecule has 0 saturated carbocycles. The van der Waals surface area contributed by atoms with E-state index < -0.39 is 5.97 Å². The second-order valence-electron chi connectivity index (χ2n) is 7.78. The molecule has 4 saturated heterocycles. The number of ether oxygens (including phenoxy) is 1. The molecule has 1 aromatic carbocycles. The molecule has 5 heterocycles. The average molecular weight is 364 g/mol. The summed E-state index contributed by atoms with van der Waals surface area (Å²) in [6.45, 7) is 3.31. The summed E-state index contributed by atoms with van der Waals surface area (Å²) in [4.78, 5) is 25.6. The number of carbonyl (C=O) groups is 1. The number of carbonyl (C=O) groups excluding carboxylic acids is 1. The number of rotatable bonds is 3. The summed E-state index contributed by atoms with van der Waals surface area (Å²) in [6, 6.07) is 13.6. The van der Waals surface area contributed by atoms with E-state index in [4.69, 9.17) is 4.74 Å². The lowest BCUT2D eigenvalue weighted by Crippen LogP contribution is -2.60. The van der Waals surface area contributed by atoms with Crippen LogP contribution in [-0.4, -0.2) is 59.7 Å². The molecule has 6 rings (SSSR count). The molecular weight excluding hydrogens is 340 g/mol. The second-order valence-corrected chi connectivity index (χ2v) is 7.78. The molecule has 4 fully saturated rings. The van der Waals surface area contributed by atoms with Crippen LogP contribution in [0.25, 0.3) is 0 Å². The van der Waals surface area contributed by atoms with Gasteiger partial charge in [0.15, 0.2) is 5.69 Å². The third-order valence-corrected chi connectivity index (χ3v) is 6.56. The van der Waals surface area contributed by atoms with Gasteiger partial charge < -0.3 is 9.64 Å². The lowest BCUT2D eigenvalue weighted by atomic mass is 9.75. The van der Waals surface area contributed by atoms with Crippen LogP contribution in [0, 0.1) is 5.92 Å². The maximum atomic E-state index is 11.9. The highest BCUT2D eigenvalue weighted by Gasteiger charge is 2.53. The highest BCUT2D eigenvalue weighted by atomic mass is 16.5. The molecule has 140 valence electrons. The molecule has 0 N–H and O–H groups in total. The van der Waals surface area contributed by atoms with Gasteiger partial charge in [-0.2, -0.15) is 0 Å². The van der Waals surface area contributed by atoms with Crippen molar-refractivity contribution < 1.29 is 9.53 Å². The van der Waals surface area contributed by atoms with Crippen LogP contribution >= 0.6 is 0 Å². The number of hydrogen-bond acceptors (Lipinski definition) is 6. The Labute approximate surface area is 159 Å². The van der Waals surface area contributed by atoms with Crippen LogP contribution in [0.3, 0.4) is 0 Å². The van der Waals surface area contributed by atoms with Gasteiger partial charge in [-0.05, 0) is 37.4 Å². The van der Waals surface area contributed by atoms with E-state index in [-0.39, 0.29) is 0 Å². The van der Waals surface area contributed by atoms with Gasteiger partial charge >= 0.3 is 5.97 Å². The highest BCUT2D eigenvalue weighted by molar-refractivity contribution is 5.87. The largest absolute Gasteiger partial charge is 0.464 e. The Bertz CT molecular complexity index is 835. The molecule has 6 heteroatoms. The van der Waals surface area contributed by atoms with Gasteiger partial charge in [0.25, 0.3) is 0 Å². The summed E-state index contributed by atoms with van der Waals surface area (Å²) < 4.78 is 4.84. The Hall–Kier alpha value is -2.47. The van der Waals surface area contributed by atoms with Crippen LogP contribution in [-0.2, 0) is 4.74 Å². The molecule has 27 heavy (non-hydrogen) atoms. The van der Waals surface area contributed by atoms with E-state index in [1.54, 1.807) is 6.07 Å². The predicted molar refractivity (Wildman–Crippen MR) is 102 cm³/mol. The first-order chi connectivity index (χ1) is 13.3. The van der Waals surface area contributed by atoms with Crippen molar-refractivity contribution in [2.45, 2.75) is 30.8 Å². The van der Waals surface area contributed by atoms with Crippen molar-refractivity contribution in [1.29, 1.82) is 0 Å². The third-order valence-electron chi connectivity index (χ3n) is 6.56. The number of piperidine rings is 3. The summed E-state index contributed by atoms with van der Waals surface area (Å²) in [5.41, 5.74) is 1.72. The summed E-state index contributed by atoms with van der Waals surface area (Å²) >= 11 is 0. The van der Waals surface area contributed by atoms with Gasteiger partial charge in [0.2, 0.25) is 0 Å². The molecule has 6 nitrogen and oxygen atoms in total. The number of nitrogens with zero attached hydrogens (tertiary/aromatic N) is 4. The lowest BCUT2D eigenvalue weighted by Gasteiger charge is -2.51. The number of esters is 1. The third kappa shape index (κ3) is 2.70. The van der Waals surface area contributed by atoms with Crippen molar-refractivity contribution >= 4 is 11.8 Å². The lowest BCUT2D eigenvalue weighted by molar-refractivity contribution is 0.0354. The molecule has 4 aliphatic rings. The molecule has 0 amide bonds. The van der Waals surface area contributed by atoms with Crippen LogP contribution in [0.1, 0.15) is 34.8 Å². The van der Waals surface area contributed by atoms with Crippen LogP contribution in [0.15, 0.2) is 42.7 Å². The van der Waals surface area contributed by atoms with Crippen LogP contribution in [0.4, 0.5) is 5.82 Å². The quantitative estimate of drug-likeness (QED) is 0.779. The first-order valence-corrected chi connectivity index (χ1v) is 9.72. The highest BCUT2D eigenvalue weighted by Crippen LogP contribution is 2.47. The number of aromatic nitrogens is 2. The van der Waals surface area contributed by atoms with E-state index in [9.17, 15) is 4.79 Å². The summed E-state index contributed by atoms with van der Waals surface area (Å²) in [7, 11) is 1.38. The molecule has 2 aromatic rings. The monoisotopic (exact) mass is 364 g/mol. The van der Waals surface area contributed by atoms with E-state index in [1.165, 1.54) is 44.9 Å². The topological polar surface area (TPSA) is 58.6 Å². The molecule has 1 aromatic heterocycles. The van der Waals surface area contributed by atoms with E-state index in [1.807, 2.05) is 0 Å². The summed E-state index contributed by atoms with van der Waals surface area (Å²) in [6.07, 6.45) is 3.97.